The summed E-state index contributed by atoms with van der Waals surface area (Å²) in [4.78, 5) is 23.8. The van der Waals surface area contributed by atoms with Crippen LogP contribution in [0.5, 0.6) is 11.5 Å². The molecule has 1 N–H and O–H groups in total. The zero-order valence-corrected chi connectivity index (χ0v) is 14.7. The Kier molecular flexibility index (Phi) is 4.38. The zero-order valence-electron chi connectivity index (χ0n) is 14.7. The van der Waals surface area contributed by atoms with Gasteiger partial charge in [-0.3, -0.25) is 9.59 Å². The van der Waals surface area contributed by atoms with Crippen LogP contribution in [0.15, 0.2) is 59.0 Å². The smallest absolute Gasteiger partial charge is 0.291 e. The number of rotatable bonds is 4. The lowest BCUT2D eigenvalue weighted by Gasteiger charge is -2.18. The minimum Gasteiger partial charge on any atom is -0.486 e. The highest BCUT2D eigenvalue weighted by Gasteiger charge is 2.16. The van der Waals surface area contributed by atoms with Crippen LogP contribution in [0, 0.1) is 0 Å². The number of ether oxygens (including phenoxy) is 2. The molecule has 3 aromatic rings. The Morgan fingerprint density at radius 1 is 0.889 bits per heavy atom. The number of ketones is 1. The molecular weight excluding hydrogens is 346 g/mol. The molecule has 2 aromatic carbocycles. The number of anilines is 1. The van der Waals surface area contributed by atoms with Crippen LogP contribution in [0.3, 0.4) is 0 Å². The van der Waals surface area contributed by atoms with Gasteiger partial charge in [-0.25, -0.2) is 0 Å². The number of hydrogen-bond donors (Lipinski definition) is 1. The Bertz CT molecular complexity index is 1000. The van der Waals surface area contributed by atoms with E-state index in [2.05, 4.69) is 5.32 Å². The number of benzene rings is 2. The molecule has 0 spiro atoms. The third-order valence-corrected chi connectivity index (χ3v) is 4.21. The average Bonchev–Trinajstić information content (AvgIpc) is 3.18. The summed E-state index contributed by atoms with van der Waals surface area (Å²) in [5.74, 6) is 1.64. The first-order valence-corrected chi connectivity index (χ1v) is 8.52. The molecule has 2 heterocycles. The topological polar surface area (TPSA) is 77.8 Å². The molecule has 0 fully saturated rings. The molecule has 0 saturated carbocycles. The molecule has 0 atom stereocenters. The maximum atomic E-state index is 12.4. The van der Waals surface area contributed by atoms with Crippen LogP contribution in [0.4, 0.5) is 5.69 Å². The van der Waals surface area contributed by atoms with Gasteiger partial charge in [-0.1, -0.05) is 24.3 Å². The lowest BCUT2D eigenvalue weighted by molar-refractivity contribution is 0.0994. The highest BCUT2D eigenvalue weighted by atomic mass is 16.6. The number of nitrogens with one attached hydrogen (secondary N) is 1. The molecule has 4 rings (SSSR count). The molecule has 1 aliphatic rings. The molecular formula is C21H17NO5. The Hall–Kier alpha value is -3.54. The summed E-state index contributed by atoms with van der Waals surface area (Å²) in [5.41, 5.74) is 2.01. The van der Waals surface area contributed by atoms with Crippen LogP contribution >= 0.6 is 0 Å². The summed E-state index contributed by atoms with van der Waals surface area (Å²) in [6.07, 6.45) is 0. The van der Waals surface area contributed by atoms with Crippen molar-refractivity contribution in [3.8, 4) is 22.8 Å². The summed E-state index contributed by atoms with van der Waals surface area (Å²) in [6.45, 7) is 2.51. The molecule has 1 amide bonds. The molecule has 0 saturated heterocycles. The lowest BCUT2D eigenvalue weighted by atomic mass is 10.1. The van der Waals surface area contributed by atoms with Gasteiger partial charge in [0, 0.05) is 22.9 Å². The fourth-order valence-electron chi connectivity index (χ4n) is 2.80. The molecule has 27 heavy (non-hydrogen) atoms. The van der Waals surface area contributed by atoms with Gasteiger partial charge in [-0.05, 0) is 31.2 Å². The van der Waals surface area contributed by atoms with E-state index in [1.807, 2.05) is 0 Å². The highest BCUT2D eigenvalue weighted by molar-refractivity contribution is 6.02. The second-order valence-electron chi connectivity index (χ2n) is 6.11. The standard InChI is InChI=1S/C21H17NO5/c1-13(23)14-2-4-15(5-3-14)17-8-9-19(27-17)21(24)22-16-6-7-18-20(12-16)26-11-10-25-18/h2-9,12H,10-11H2,1H3,(H,22,24). The van der Waals surface area contributed by atoms with Gasteiger partial charge < -0.3 is 19.2 Å². The summed E-state index contributed by atoms with van der Waals surface area (Å²) in [5, 5.41) is 2.78. The first kappa shape index (κ1) is 16.9. The van der Waals surface area contributed by atoms with Crippen molar-refractivity contribution >= 4 is 17.4 Å². The summed E-state index contributed by atoms with van der Waals surface area (Å²) < 4.78 is 16.6. The quantitative estimate of drug-likeness (QED) is 0.704. The maximum Gasteiger partial charge on any atom is 0.291 e. The Labute approximate surface area is 155 Å². The van der Waals surface area contributed by atoms with Gasteiger partial charge in [-0.2, -0.15) is 0 Å². The van der Waals surface area contributed by atoms with Crippen LogP contribution < -0.4 is 14.8 Å². The number of carbonyl (C=O) groups is 2. The van der Waals surface area contributed by atoms with Gasteiger partial charge >= 0.3 is 0 Å². The van der Waals surface area contributed by atoms with E-state index in [9.17, 15) is 9.59 Å². The zero-order chi connectivity index (χ0) is 18.8. The van der Waals surface area contributed by atoms with E-state index < -0.39 is 0 Å². The summed E-state index contributed by atoms with van der Waals surface area (Å²) in [6, 6.07) is 15.6. The van der Waals surface area contributed by atoms with Gasteiger partial charge in [0.1, 0.15) is 19.0 Å². The van der Waals surface area contributed by atoms with Crippen molar-refractivity contribution in [2.24, 2.45) is 0 Å². The van der Waals surface area contributed by atoms with Crippen molar-refractivity contribution in [3.63, 3.8) is 0 Å². The van der Waals surface area contributed by atoms with Gasteiger partial charge in [0.2, 0.25) is 0 Å². The van der Waals surface area contributed by atoms with Crippen molar-refractivity contribution < 1.29 is 23.5 Å². The summed E-state index contributed by atoms with van der Waals surface area (Å²) >= 11 is 0. The fourth-order valence-corrected chi connectivity index (χ4v) is 2.80. The fraction of sp³-hybridized carbons (Fsp3) is 0.143. The SMILES string of the molecule is CC(=O)c1ccc(-c2ccc(C(=O)Nc3ccc4c(c3)OCCO4)o2)cc1. The second kappa shape index (κ2) is 6.99. The number of hydrogen-bond acceptors (Lipinski definition) is 5. The van der Waals surface area contributed by atoms with Gasteiger partial charge in [-0.15, -0.1) is 0 Å². The first-order chi connectivity index (χ1) is 13.1. The van der Waals surface area contributed by atoms with Crippen molar-refractivity contribution in [3.05, 3.63) is 65.9 Å². The van der Waals surface area contributed by atoms with E-state index in [1.165, 1.54) is 6.92 Å². The second-order valence-corrected chi connectivity index (χ2v) is 6.11. The normalized spacial score (nSPS) is 12.5. The first-order valence-electron chi connectivity index (χ1n) is 8.52. The van der Waals surface area contributed by atoms with E-state index in [4.69, 9.17) is 13.9 Å². The minimum atomic E-state index is -0.363. The van der Waals surface area contributed by atoms with E-state index in [-0.39, 0.29) is 17.5 Å². The van der Waals surface area contributed by atoms with Gasteiger partial charge in [0.15, 0.2) is 23.0 Å². The monoisotopic (exact) mass is 363 g/mol. The molecule has 0 radical (unpaired) electrons. The van der Waals surface area contributed by atoms with Crippen LogP contribution in [0.25, 0.3) is 11.3 Å². The molecule has 1 aromatic heterocycles. The number of amides is 1. The summed E-state index contributed by atoms with van der Waals surface area (Å²) in [7, 11) is 0. The van der Waals surface area contributed by atoms with Crippen molar-refractivity contribution in [2.75, 3.05) is 18.5 Å². The van der Waals surface area contributed by atoms with E-state index >= 15 is 0 Å². The Morgan fingerprint density at radius 3 is 2.37 bits per heavy atom. The van der Waals surface area contributed by atoms with Crippen molar-refractivity contribution in [1.29, 1.82) is 0 Å². The molecule has 0 aliphatic carbocycles. The number of fused-ring (bicyclic) bond motifs is 1. The van der Waals surface area contributed by atoms with Crippen LogP contribution in [-0.2, 0) is 0 Å². The Balaban J connectivity index is 1.49. The third kappa shape index (κ3) is 3.55. The van der Waals surface area contributed by atoms with E-state index in [1.54, 1.807) is 54.6 Å². The molecule has 0 bridgehead atoms. The van der Waals surface area contributed by atoms with E-state index in [0.717, 1.165) is 5.56 Å². The van der Waals surface area contributed by atoms with E-state index in [0.29, 0.717) is 41.7 Å². The minimum absolute atomic E-state index is 0.000454. The van der Waals surface area contributed by atoms with Crippen LogP contribution in [0.1, 0.15) is 27.8 Å². The largest absolute Gasteiger partial charge is 0.486 e. The highest BCUT2D eigenvalue weighted by Crippen LogP contribution is 2.33. The van der Waals surface area contributed by atoms with Crippen molar-refractivity contribution in [1.82, 2.24) is 0 Å². The molecule has 6 nitrogen and oxygen atoms in total. The Morgan fingerprint density at radius 2 is 1.63 bits per heavy atom. The predicted molar refractivity (Wildman–Crippen MR) is 99.5 cm³/mol. The van der Waals surface area contributed by atoms with Gasteiger partial charge in [0.05, 0.1) is 0 Å². The number of Topliss-reactive ketones (excluding diaryl/α,β-unsaturated/α-hetero) is 1. The number of furan rings is 1. The van der Waals surface area contributed by atoms with Gasteiger partial charge in [0.25, 0.3) is 5.91 Å². The van der Waals surface area contributed by atoms with Crippen LogP contribution in [-0.4, -0.2) is 24.9 Å². The third-order valence-electron chi connectivity index (χ3n) is 4.21. The lowest BCUT2D eigenvalue weighted by Crippen LogP contribution is -2.16. The molecule has 6 heteroatoms. The van der Waals surface area contributed by atoms with Crippen LogP contribution in [0.2, 0.25) is 0 Å². The molecule has 1 aliphatic heterocycles. The molecule has 136 valence electrons. The average molecular weight is 363 g/mol. The maximum absolute atomic E-state index is 12.4. The predicted octanol–water partition coefficient (Wildman–Crippen LogP) is 4.17. The van der Waals surface area contributed by atoms with Crippen molar-refractivity contribution in [2.45, 2.75) is 6.92 Å². The number of carbonyl (C=O) groups excluding carboxylic acids is 2. The molecule has 0 unspecified atom stereocenters.